The zero-order chi connectivity index (χ0) is 13.3. The zero-order valence-corrected chi connectivity index (χ0v) is 9.79. The highest BCUT2D eigenvalue weighted by Gasteiger charge is 2.16. The number of rotatable bonds is 4. The molecule has 0 spiro atoms. The fourth-order valence-corrected chi connectivity index (χ4v) is 1.98. The third-order valence-corrected chi connectivity index (χ3v) is 2.80. The second-order valence-corrected chi connectivity index (χ2v) is 4.02. The van der Waals surface area contributed by atoms with E-state index in [-0.39, 0.29) is 12.2 Å². The molecule has 2 aromatic rings. The van der Waals surface area contributed by atoms with E-state index in [2.05, 4.69) is 0 Å². The molecule has 0 aliphatic heterocycles. The highest BCUT2D eigenvalue weighted by atomic mass is 19.3. The Morgan fingerprint density at radius 2 is 2.11 bits per heavy atom. The average Bonchev–Trinajstić information content (AvgIpc) is 2.65. The molecule has 1 aromatic carbocycles. The third-order valence-electron chi connectivity index (χ3n) is 2.80. The summed E-state index contributed by atoms with van der Waals surface area (Å²) < 4.78 is 39.4. The van der Waals surface area contributed by atoms with E-state index in [1.165, 1.54) is 29.0 Å². The Balaban J connectivity index is 2.63. The summed E-state index contributed by atoms with van der Waals surface area (Å²) in [5, 5.41) is 0.391. The number of carbonyl (C=O) groups excluding carboxylic acids is 1. The largest absolute Gasteiger partial charge is 0.341 e. The molecular weight excluding hydrogens is 243 g/mol. The highest BCUT2D eigenvalue weighted by molar-refractivity contribution is 6.08. The first-order valence-electron chi connectivity index (χ1n) is 5.62. The number of fused-ring (bicyclic) bond motifs is 1. The van der Waals surface area contributed by atoms with Crippen LogP contribution in [-0.4, -0.2) is 16.8 Å². The lowest BCUT2D eigenvalue weighted by Gasteiger charge is -2.03. The normalized spacial score (nSPS) is 11.4. The Kier molecular flexibility index (Phi) is 3.41. The molecule has 2 nitrogen and oxygen atoms in total. The molecule has 0 aliphatic carbocycles. The van der Waals surface area contributed by atoms with E-state index in [1.807, 2.05) is 0 Å². The van der Waals surface area contributed by atoms with E-state index in [0.717, 1.165) is 0 Å². The summed E-state index contributed by atoms with van der Waals surface area (Å²) in [7, 11) is 0. The molecule has 5 heteroatoms. The van der Waals surface area contributed by atoms with Gasteiger partial charge in [0, 0.05) is 29.1 Å². The molecule has 0 atom stereocenters. The fraction of sp³-hybridized carbons (Fsp3) is 0.308. The third kappa shape index (κ3) is 2.25. The maximum atomic E-state index is 13.2. The minimum atomic E-state index is -2.52. The molecule has 0 saturated carbocycles. The highest BCUT2D eigenvalue weighted by Crippen LogP contribution is 2.24. The minimum Gasteiger partial charge on any atom is -0.341 e. The van der Waals surface area contributed by atoms with Crippen LogP contribution in [0.1, 0.15) is 23.7 Å². The van der Waals surface area contributed by atoms with Crippen molar-refractivity contribution in [3.63, 3.8) is 0 Å². The summed E-state index contributed by atoms with van der Waals surface area (Å²) in [5.74, 6) is -0.666. The molecule has 0 aliphatic rings. The van der Waals surface area contributed by atoms with Gasteiger partial charge in [0.15, 0.2) is 5.78 Å². The molecule has 18 heavy (non-hydrogen) atoms. The Morgan fingerprint density at radius 1 is 1.39 bits per heavy atom. The number of halogens is 3. The SMILES string of the molecule is CCC(=O)c1cn(CC(F)F)c2ccc(F)cc12. The summed E-state index contributed by atoms with van der Waals surface area (Å²) in [6.45, 7) is 1.18. The maximum Gasteiger partial charge on any atom is 0.256 e. The second-order valence-electron chi connectivity index (χ2n) is 4.02. The lowest BCUT2D eigenvalue weighted by atomic mass is 10.1. The van der Waals surface area contributed by atoms with Gasteiger partial charge in [0.2, 0.25) is 0 Å². The van der Waals surface area contributed by atoms with Crippen LogP contribution in [0, 0.1) is 5.82 Å². The van der Waals surface area contributed by atoms with Crippen molar-refractivity contribution in [1.82, 2.24) is 4.57 Å². The van der Waals surface area contributed by atoms with Crippen LogP contribution in [0.2, 0.25) is 0 Å². The first kappa shape index (κ1) is 12.7. The summed E-state index contributed by atoms with van der Waals surface area (Å²) in [4.78, 5) is 11.7. The van der Waals surface area contributed by atoms with E-state index in [0.29, 0.717) is 16.5 Å². The van der Waals surface area contributed by atoms with Gasteiger partial charge in [-0.25, -0.2) is 13.2 Å². The second kappa shape index (κ2) is 4.84. The maximum absolute atomic E-state index is 13.2. The van der Waals surface area contributed by atoms with Gasteiger partial charge in [0.25, 0.3) is 6.43 Å². The lowest BCUT2D eigenvalue weighted by Crippen LogP contribution is -2.05. The van der Waals surface area contributed by atoms with Crippen molar-refractivity contribution in [2.24, 2.45) is 0 Å². The van der Waals surface area contributed by atoms with E-state index in [9.17, 15) is 18.0 Å². The van der Waals surface area contributed by atoms with Crippen molar-refractivity contribution in [2.45, 2.75) is 26.3 Å². The number of benzene rings is 1. The van der Waals surface area contributed by atoms with E-state index >= 15 is 0 Å². The number of hydrogen-bond acceptors (Lipinski definition) is 1. The zero-order valence-electron chi connectivity index (χ0n) is 9.79. The Labute approximate surface area is 102 Å². The molecule has 96 valence electrons. The number of aromatic nitrogens is 1. The molecule has 0 amide bonds. The summed E-state index contributed by atoms with van der Waals surface area (Å²) in [6.07, 6.45) is -0.887. The van der Waals surface area contributed by atoms with Crippen molar-refractivity contribution in [3.05, 3.63) is 35.8 Å². The van der Waals surface area contributed by atoms with Crippen LogP contribution in [0.4, 0.5) is 13.2 Å². The summed E-state index contributed by atoms with van der Waals surface area (Å²) in [5.41, 5.74) is 0.751. The van der Waals surface area contributed by atoms with Crippen molar-refractivity contribution < 1.29 is 18.0 Å². The van der Waals surface area contributed by atoms with Gasteiger partial charge >= 0.3 is 0 Å². The number of carbonyl (C=O) groups is 1. The lowest BCUT2D eigenvalue weighted by molar-refractivity contribution is 0.0988. The molecule has 1 heterocycles. The van der Waals surface area contributed by atoms with Crippen LogP contribution in [0.25, 0.3) is 10.9 Å². The average molecular weight is 255 g/mol. The topological polar surface area (TPSA) is 22.0 Å². The Morgan fingerprint density at radius 3 is 2.72 bits per heavy atom. The smallest absolute Gasteiger partial charge is 0.256 e. The Hall–Kier alpha value is -1.78. The first-order valence-corrected chi connectivity index (χ1v) is 5.62. The molecule has 2 rings (SSSR count). The summed E-state index contributed by atoms with van der Waals surface area (Å²) in [6, 6.07) is 3.82. The molecule has 0 saturated heterocycles. The monoisotopic (exact) mass is 255 g/mol. The molecule has 0 unspecified atom stereocenters. The Bertz CT molecular complexity index is 589. The van der Waals surface area contributed by atoms with Crippen LogP contribution in [-0.2, 0) is 6.54 Å². The minimum absolute atomic E-state index is 0.182. The van der Waals surface area contributed by atoms with Crippen molar-refractivity contribution >= 4 is 16.7 Å². The van der Waals surface area contributed by atoms with Crippen molar-refractivity contribution in [2.75, 3.05) is 0 Å². The number of hydrogen-bond donors (Lipinski definition) is 0. The number of Topliss-reactive ketones (excluding diaryl/α,β-unsaturated/α-hetero) is 1. The molecule has 0 bridgehead atoms. The van der Waals surface area contributed by atoms with Gasteiger partial charge in [0.1, 0.15) is 5.82 Å². The van der Waals surface area contributed by atoms with Crippen LogP contribution in [0.5, 0.6) is 0 Å². The van der Waals surface area contributed by atoms with Gasteiger partial charge in [-0.15, -0.1) is 0 Å². The van der Waals surface area contributed by atoms with Gasteiger partial charge in [0.05, 0.1) is 6.54 Å². The molecule has 0 N–H and O–H groups in total. The van der Waals surface area contributed by atoms with E-state index < -0.39 is 18.8 Å². The van der Waals surface area contributed by atoms with Crippen LogP contribution in [0.15, 0.2) is 24.4 Å². The molecular formula is C13H12F3NO. The van der Waals surface area contributed by atoms with Crippen LogP contribution < -0.4 is 0 Å². The van der Waals surface area contributed by atoms with Crippen LogP contribution in [0.3, 0.4) is 0 Å². The number of ketones is 1. The van der Waals surface area contributed by atoms with E-state index in [1.54, 1.807) is 6.92 Å². The molecule has 0 fully saturated rings. The van der Waals surface area contributed by atoms with Gasteiger partial charge < -0.3 is 4.57 Å². The van der Waals surface area contributed by atoms with E-state index in [4.69, 9.17) is 0 Å². The van der Waals surface area contributed by atoms with Crippen molar-refractivity contribution in [3.8, 4) is 0 Å². The van der Waals surface area contributed by atoms with Crippen molar-refractivity contribution in [1.29, 1.82) is 0 Å². The number of alkyl halides is 2. The predicted octanol–water partition coefficient (Wildman–Crippen LogP) is 3.64. The van der Waals surface area contributed by atoms with Gasteiger partial charge in [-0.2, -0.15) is 0 Å². The predicted molar refractivity (Wildman–Crippen MR) is 62.5 cm³/mol. The fourth-order valence-electron chi connectivity index (χ4n) is 1.98. The quantitative estimate of drug-likeness (QED) is 0.764. The van der Waals surface area contributed by atoms with Gasteiger partial charge in [-0.3, -0.25) is 4.79 Å². The van der Waals surface area contributed by atoms with Crippen LogP contribution >= 0.6 is 0 Å². The first-order chi connectivity index (χ1) is 8.52. The molecule has 0 radical (unpaired) electrons. The number of nitrogens with zero attached hydrogens (tertiary/aromatic N) is 1. The van der Waals surface area contributed by atoms with Gasteiger partial charge in [-0.05, 0) is 18.2 Å². The molecule has 1 aromatic heterocycles. The van der Waals surface area contributed by atoms with Gasteiger partial charge in [-0.1, -0.05) is 6.92 Å². The summed E-state index contributed by atoms with van der Waals surface area (Å²) >= 11 is 0. The standard InChI is InChI=1S/C13H12F3NO/c1-2-12(18)10-6-17(7-13(15)16)11-4-3-8(14)5-9(10)11/h3-6,13H,2,7H2,1H3.